The lowest BCUT2D eigenvalue weighted by molar-refractivity contribution is -0.140. The predicted octanol–water partition coefficient (Wildman–Crippen LogP) is 5.41. The van der Waals surface area contributed by atoms with Crippen LogP contribution in [0.1, 0.15) is 96.8 Å². The molecule has 0 spiro atoms. The van der Waals surface area contributed by atoms with Crippen molar-refractivity contribution in [3.8, 4) is 0 Å². The van der Waals surface area contributed by atoms with Gasteiger partial charge in [0.15, 0.2) is 0 Å². The van der Waals surface area contributed by atoms with Gasteiger partial charge in [-0.15, -0.1) is 0 Å². The number of carbonyl (C=O) groups is 1. The van der Waals surface area contributed by atoms with Gasteiger partial charge >= 0.3 is 5.97 Å². The van der Waals surface area contributed by atoms with Crippen molar-refractivity contribution in [1.82, 2.24) is 0 Å². The first-order valence-corrected chi connectivity index (χ1v) is 9.50. The summed E-state index contributed by atoms with van der Waals surface area (Å²) in [7, 11) is 1.46. The van der Waals surface area contributed by atoms with E-state index >= 15 is 0 Å². The van der Waals surface area contributed by atoms with Crippen molar-refractivity contribution >= 4 is 5.97 Å². The van der Waals surface area contributed by atoms with E-state index < -0.39 is 0 Å². The molecule has 22 heavy (non-hydrogen) atoms. The van der Waals surface area contributed by atoms with Crippen LogP contribution in [0.5, 0.6) is 0 Å². The van der Waals surface area contributed by atoms with E-state index in [1.165, 1.54) is 77.7 Å². The topological polar surface area (TPSA) is 38.8 Å². The van der Waals surface area contributed by atoms with Crippen molar-refractivity contribution < 1.29 is 14.3 Å². The van der Waals surface area contributed by atoms with Crippen LogP contribution in [0.3, 0.4) is 0 Å². The van der Waals surface area contributed by atoms with Gasteiger partial charge in [0.2, 0.25) is 0 Å². The number of esters is 1. The molecule has 1 saturated heterocycles. The highest BCUT2D eigenvalue weighted by molar-refractivity contribution is 5.68. The average molecular weight is 312 g/mol. The lowest BCUT2D eigenvalue weighted by Gasteiger charge is -2.01. The van der Waals surface area contributed by atoms with Crippen LogP contribution in [-0.2, 0) is 14.3 Å². The van der Waals surface area contributed by atoms with Gasteiger partial charge in [-0.1, -0.05) is 71.1 Å². The summed E-state index contributed by atoms with van der Waals surface area (Å²) >= 11 is 0. The molecule has 0 aromatic heterocycles. The number of hydrogen-bond donors (Lipinski definition) is 0. The molecule has 1 aliphatic heterocycles. The molecule has 0 radical (unpaired) electrons. The van der Waals surface area contributed by atoms with Crippen LogP contribution in [0.2, 0.25) is 0 Å². The quantitative estimate of drug-likeness (QED) is 0.230. The maximum atomic E-state index is 10.9. The molecule has 130 valence electrons. The third-order valence-electron chi connectivity index (χ3n) is 4.63. The fraction of sp³-hybridized carbons (Fsp3) is 0.947. The second-order valence-corrected chi connectivity index (χ2v) is 6.65. The van der Waals surface area contributed by atoms with Gasteiger partial charge in [-0.25, -0.2) is 0 Å². The molecule has 1 rings (SSSR count). The lowest BCUT2D eigenvalue weighted by Crippen LogP contribution is -1.99. The number of epoxide rings is 1. The van der Waals surface area contributed by atoms with Gasteiger partial charge in [0.1, 0.15) is 0 Å². The smallest absolute Gasteiger partial charge is 0.305 e. The standard InChI is InChI=1S/C19H36O3/c1-3-4-5-11-14-17-18(22-17)15-12-9-7-6-8-10-13-16-19(20)21-2/h17-18H,3-16H2,1-2H3/t17-,18-/m1/s1. The molecule has 0 aromatic rings. The monoisotopic (exact) mass is 312 g/mol. The number of unbranched alkanes of at least 4 members (excludes halogenated alkanes) is 9. The van der Waals surface area contributed by atoms with Crippen molar-refractivity contribution in [2.24, 2.45) is 0 Å². The van der Waals surface area contributed by atoms with E-state index in [-0.39, 0.29) is 5.97 Å². The van der Waals surface area contributed by atoms with Crippen molar-refractivity contribution in [2.45, 2.75) is 109 Å². The van der Waals surface area contributed by atoms with Gasteiger partial charge in [0.05, 0.1) is 19.3 Å². The molecule has 0 aliphatic carbocycles. The zero-order valence-corrected chi connectivity index (χ0v) is 14.8. The Morgan fingerprint density at radius 1 is 0.818 bits per heavy atom. The van der Waals surface area contributed by atoms with Gasteiger partial charge in [0.25, 0.3) is 0 Å². The highest BCUT2D eigenvalue weighted by Crippen LogP contribution is 2.31. The highest BCUT2D eigenvalue weighted by Gasteiger charge is 2.36. The Hall–Kier alpha value is -0.570. The summed E-state index contributed by atoms with van der Waals surface area (Å²) in [6, 6.07) is 0. The fourth-order valence-corrected chi connectivity index (χ4v) is 3.06. The number of rotatable bonds is 15. The second kappa shape index (κ2) is 12.9. The van der Waals surface area contributed by atoms with E-state index in [1.54, 1.807) is 0 Å². The highest BCUT2D eigenvalue weighted by atomic mass is 16.6. The van der Waals surface area contributed by atoms with Crippen molar-refractivity contribution in [2.75, 3.05) is 7.11 Å². The van der Waals surface area contributed by atoms with E-state index in [0.29, 0.717) is 18.6 Å². The first-order chi connectivity index (χ1) is 10.8. The maximum Gasteiger partial charge on any atom is 0.305 e. The maximum absolute atomic E-state index is 10.9. The minimum Gasteiger partial charge on any atom is -0.469 e. The summed E-state index contributed by atoms with van der Waals surface area (Å²) in [5.74, 6) is -0.0753. The molecular formula is C19H36O3. The first-order valence-electron chi connectivity index (χ1n) is 9.50. The van der Waals surface area contributed by atoms with E-state index in [0.717, 1.165) is 12.8 Å². The largest absolute Gasteiger partial charge is 0.469 e. The van der Waals surface area contributed by atoms with Crippen LogP contribution in [0.25, 0.3) is 0 Å². The van der Waals surface area contributed by atoms with Gasteiger partial charge in [-0.3, -0.25) is 4.79 Å². The van der Waals surface area contributed by atoms with Gasteiger partial charge < -0.3 is 9.47 Å². The van der Waals surface area contributed by atoms with Crippen molar-refractivity contribution in [3.63, 3.8) is 0 Å². The number of ether oxygens (including phenoxy) is 2. The Kier molecular flexibility index (Phi) is 11.4. The SMILES string of the molecule is CCCCCC[C@H]1O[C@@H]1CCCCCCCCCC(=O)OC. The molecule has 1 heterocycles. The molecule has 3 nitrogen and oxygen atoms in total. The summed E-state index contributed by atoms with van der Waals surface area (Å²) in [6.45, 7) is 2.26. The lowest BCUT2D eigenvalue weighted by atomic mass is 10.0. The third-order valence-corrected chi connectivity index (χ3v) is 4.63. The average Bonchev–Trinajstić information content (AvgIpc) is 3.28. The van der Waals surface area contributed by atoms with E-state index in [2.05, 4.69) is 11.7 Å². The summed E-state index contributed by atoms with van der Waals surface area (Å²) in [5, 5.41) is 0. The van der Waals surface area contributed by atoms with Gasteiger partial charge in [-0.2, -0.15) is 0 Å². The Bertz CT molecular complexity index is 278. The fourth-order valence-electron chi connectivity index (χ4n) is 3.06. The van der Waals surface area contributed by atoms with E-state index in [4.69, 9.17) is 4.74 Å². The predicted molar refractivity (Wildman–Crippen MR) is 91.0 cm³/mol. The molecule has 3 heteroatoms. The summed E-state index contributed by atoms with van der Waals surface area (Å²) < 4.78 is 10.4. The molecule has 2 atom stereocenters. The molecule has 0 amide bonds. The van der Waals surface area contributed by atoms with Gasteiger partial charge in [0, 0.05) is 6.42 Å². The number of methoxy groups -OCH3 is 1. The van der Waals surface area contributed by atoms with Crippen LogP contribution in [-0.4, -0.2) is 25.3 Å². The molecule has 0 aromatic carbocycles. The van der Waals surface area contributed by atoms with Gasteiger partial charge in [-0.05, 0) is 19.3 Å². The number of carbonyl (C=O) groups excluding carboxylic acids is 1. The van der Waals surface area contributed by atoms with Crippen LogP contribution < -0.4 is 0 Å². The molecule has 0 unspecified atom stereocenters. The van der Waals surface area contributed by atoms with E-state index in [9.17, 15) is 4.79 Å². The summed E-state index contributed by atoms with van der Waals surface area (Å²) in [6.07, 6.45) is 18.4. The van der Waals surface area contributed by atoms with E-state index in [1.807, 2.05) is 0 Å². The van der Waals surface area contributed by atoms with Crippen LogP contribution >= 0.6 is 0 Å². The molecule has 1 fully saturated rings. The molecule has 0 bridgehead atoms. The second-order valence-electron chi connectivity index (χ2n) is 6.65. The van der Waals surface area contributed by atoms with Crippen LogP contribution in [0, 0.1) is 0 Å². The van der Waals surface area contributed by atoms with Crippen LogP contribution in [0.15, 0.2) is 0 Å². The normalized spacial score (nSPS) is 20.1. The first kappa shape index (κ1) is 19.5. The van der Waals surface area contributed by atoms with Crippen LogP contribution in [0.4, 0.5) is 0 Å². The molecule has 1 aliphatic rings. The molecule has 0 saturated carbocycles. The zero-order valence-electron chi connectivity index (χ0n) is 14.8. The van der Waals surface area contributed by atoms with Crippen molar-refractivity contribution in [3.05, 3.63) is 0 Å². The Labute approximate surface area is 137 Å². The third kappa shape index (κ3) is 10.2. The summed E-state index contributed by atoms with van der Waals surface area (Å²) in [5.41, 5.74) is 0. The Morgan fingerprint density at radius 2 is 1.32 bits per heavy atom. The Morgan fingerprint density at radius 3 is 1.86 bits per heavy atom. The molecule has 0 N–H and O–H groups in total. The Balaban J connectivity index is 1.75. The minimum atomic E-state index is -0.0753. The zero-order chi connectivity index (χ0) is 16.0. The van der Waals surface area contributed by atoms with Crippen molar-refractivity contribution in [1.29, 1.82) is 0 Å². The number of hydrogen-bond acceptors (Lipinski definition) is 3. The molecular weight excluding hydrogens is 276 g/mol. The minimum absolute atomic E-state index is 0.0753. The summed E-state index contributed by atoms with van der Waals surface area (Å²) in [4.78, 5) is 10.9.